The van der Waals surface area contributed by atoms with E-state index in [1.54, 1.807) is 28.6 Å². The zero-order chi connectivity index (χ0) is 18.7. The summed E-state index contributed by atoms with van der Waals surface area (Å²) in [4.78, 5) is 25.3. The molecule has 1 aliphatic carbocycles. The van der Waals surface area contributed by atoms with Gasteiger partial charge in [0.1, 0.15) is 0 Å². The van der Waals surface area contributed by atoms with Gasteiger partial charge in [0.2, 0.25) is 5.91 Å². The van der Waals surface area contributed by atoms with Crippen LogP contribution < -0.4 is 10.9 Å². The van der Waals surface area contributed by atoms with Crippen molar-refractivity contribution in [3.05, 3.63) is 28.2 Å². The van der Waals surface area contributed by atoms with Gasteiger partial charge in [0.25, 0.3) is 5.56 Å². The third kappa shape index (κ3) is 4.51. The van der Waals surface area contributed by atoms with Gasteiger partial charge in [0.05, 0.1) is 23.9 Å². The fourth-order valence-electron chi connectivity index (χ4n) is 4.17. The SMILES string of the molecule is CC(=O)N1CCCC(O)(CNC2CCC(n3nc(C)ccc3=O)CC2)C1. The second-order valence-corrected chi connectivity index (χ2v) is 7.91. The van der Waals surface area contributed by atoms with Crippen LogP contribution in [-0.4, -0.2) is 57.0 Å². The smallest absolute Gasteiger partial charge is 0.267 e. The lowest BCUT2D eigenvalue weighted by Crippen LogP contribution is -2.56. The molecule has 0 radical (unpaired) electrons. The first kappa shape index (κ1) is 19.0. The Labute approximate surface area is 154 Å². The number of hydrogen-bond acceptors (Lipinski definition) is 5. The average Bonchev–Trinajstić information content (AvgIpc) is 2.63. The van der Waals surface area contributed by atoms with Gasteiger partial charge in [-0.15, -0.1) is 0 Å². The lowest BCUT2D eigenvalue weighted by atomic mass is 9.89. The van der Waals surface area contributed by atoms with Gasteiger partial charge in [-0.2, -0.15) is 5.10 Å². The van der Waals surface area contributed by atoms with E-state index in [0.717, 1.165) is 50.8 Å². The molecule has 1 amide bonds. The first-order valence-electron chi connectivity index (χ1n) is 9.64. The molecule has 2 heterocycles. The first-order chi connectivity index (χ1) is 12.4. The summed E-state index contributed by atoms with van der Waals surface area (Å²) in [5.74, 6) is 0.0275. The number of carbonyl (C=O) groups excluding carboxylic acids is 1. The fraction of sp³-hybridized carbons (Fsp3) is 0.737. The van der Waals surface area contributed by atoms with Crippen LogP contribution in [0.2, 0.25) is 0 Å². The number of carbonyl (C=O) groups is 1. The van der Waals surface area contributed by atoms with Gasteiger partial charge in [-0.25, -0.2) is 4.68 Å². The summed E-state index contributed by atoms with van der Waals surface area (Å²) in [6.07, 6.45) is 5.30. The highest BCUT2D eigenvalue weighted by Crippen LogP contribution is 2.28. The van der Waals surface area contributed by atoms with E-state index in [1.165, 1.54) is 0 Å². The zero-order valence-corrected chi connectivity index (χ0v) is 15.8. The van der Waals surface area contributed by atoms with E-state index in [-0.39, 0.29) is 17.5 Å². The van der Waals surface area contributed by atoms with Crippen LogP contribution in [0.25, 0.3) is 0 Å². The standard InChI is InChI=1S/C19H30N4O3/c1-14-4-9-18(25)23(21-14)17-7-5-16(6-8-17)20-12-19(26)10-3-11-22(13-19)15(2)24/h4,9,16-17,20,26H,3,5-8,10-13H2,1-2H3. The van der Waals surface area contributed by atoms with Crippen LogP contribution in [0, 0.1) is 6.92 Å². The molecular weight excluding hydrogens is 332 g/mol. The Kier molecular flexibility index (Phi) is 5.77. The van der Waals surface area contributed by atoms with Gasteiger partial charge < -0.3 is 15.3 Å². The van der Waals surface area contributed by atoms with E-state index in [2.05, 4.69) is 10.4 Å². The van der Waals surface area contributed by atoms with Gasteiger partial charge in [-0.3, -0.25) is 9.59 Å². The number of piperidine rings is 1. The third-order valence-corrected chi connectivity index (χ3v) is 5.72. The van der Waals surface area contributed by atoms with Gasteiger partial charge in [-0.05, 0) is 51.5 Å². The van der Waals surface area contributed by atoms with Gasteiger partial charge in [0, 0.05) is 32.1 Å². The maximum atomic E-state index is 12.0. The van der Waals surface area contributed by atoms with E-state index in [9.17, 15) is 14.7 Å². The number of nitrogens with zero attached hydrogens (tertiary/aromatic N) is 3. The van der Waals surface area contributed by atoms with Crippen molar-refractivity contribution in [3.63, 3.8) is 0 Å². The van der Waals surface area contributed by atoms with E-state index >= 15 is 0 Å². The van der Waals surface area contributed by atoms with Crippen molar-refractivity contribution in [2.75, 3.05) is 19.6 Å². The van der Waals surface area contributed by atoms with Crippen molar-refractivity contribution in [3.8, 4) is 0 Å². The van der Waals surface area contributed by atoms with Crippen molar-refractivity contribution >= 4 is 5.91 Å². The normalized spacial score (nSPS) is 29.6. The summed E-state index contributed by atoms with van der Waals surface area (Å²) in [6.45, 7) is 5.11. The Morgan fingerprint density at radius 2 is 2.08 bits per heavy atom. The largest absolute Gasteiger partial charge is 0.387 e. The van der Waals surface area contributed by atoms with Crippen LogP contribution in [0.3, 0.4) is 0 Å². The molecule has 0 aromatic carbocycles. The van der Waals surface area contributed by atoms with E-state index in [4.69, 9.17) is 0 Å². The number of likely N-dealkylation sites (tertiary alicyclic amines) is 1. The molecule has 7 nitrogen and oxygen atoms in total. The van der Waals surface area contributed by atoms with Crippen molar-refractivity contribution in [2.24, 2.45) is 0 Å². The van der Waals surface area contributed by atoms with Crippen LogP contribution in [0.4, 0.5) is 0 Å². The molecule has 1 saturated carbocycles. The van der Waals surface area contributed by atoms with Crippen LogP contribution in [0.5, 0.6) is 0 Å². The molecule has 144 valence electrons. The molecule has 7 heteroatoms. The first-order valence-corrected chi connectivity index (χ1v) is 9.64. The Hall–Kier alpha value is -1.73. The minimum atomic E-state index is -0.837. The summed E-state index contributed by atoms with van der Waals surface area (Å²) in [7, 11) is 0. The molecule has 1 aromatic rings. The van der Waals surface area contributed by atoms with Crippen LogP contribution >= 0.6 is 0 Å². The van der Waals surface area contributed by atoms with E-state index in [0.29, 0.717) is 19.1 Å². The van der Waals surface area contributed by atoms with Crippen LogP contribution in [0.1, 0.15) is 57.2 Å². The van der Waals surface area contributed by atoms with Crippen molar-refractivity contribution in [1.82, 2.24) is 20.0 Å². The number of aryl methyl sites for hydroxylation is 1. The molecule has 1 saturated heterocycles. The Morgan fingerprint density at radius 3 is 2.77 bits per heavy atom. The predicted molar refractivity (Wildman–Crippen MR) is 99.0 cm³/mol. The summed E-state index contributed by atoms with van der Waals surface area (Å²) >= 11 is 0. The average molecular weight is 362 g/mol. The van der Waals surface area contributed by atoms with Crippen LogP contribution in [-0.2, 0) is 4.79 Å². The van der Waals surface area contributed by atoms with Gasteiger partial charge in [0.15, 0.2) is 0 Å². The lowest BCUT2D eigenvalue weighted by molar-refractivity contribution is -0.135. The molecule has 0 spiro atoms. The predicted octanol–water partition coefficient (Wildman–Crippen LogP) is 0.998. The number of hydrogen-bond donors (Lipinski definition) is 2. The number of aromatic nitrogens is 2. The highest BCUT2D eigenvalue weighted by molar-refractivity contribution is 5.73. The van der Waals surface area contributed by atoms with Crippen molar-refractivity contribution < 1.29 is 9.90 Å². The monoisotopic (exact) mass is 362 g/mol. The van der Waals surface area contributed by atoms with Gasteiger partial charge in [-0.1, -0.05) is 0 Å². The molecule has 1 aliphatic heterocycles. The molecule has 1 aromatic heterocycles. The number of amides is 1. The Bertz CT molecular complexity index is 696. The number of rotatable bonds is 4. The highest BCUT2D eigenvalue weighted by atomic mass is 16.3. The number of nitrogens with one attached hydrogen (secondary N) is 1. The highest BCUT2D eigenvalue weighted by Gasteiger charge is 2.35. The fourth-order valence-corrected chi connectivity index (χ4v) is 4.17. The summed E-state index contributed by atoms with van der Waals surface area (Å²) in [5.41, 5.74) is -0.0113. The molecule has 26 heavy (non-hydrogen) atoms. The zero-order valence-electron chi connectivity index (χ0n) is 15.8. The summed E-state index contributed by atoms with van der Waals surface area (Å²) in [5, 5.41) is 18.7. The maximum Gasteiger partial charge on any atom is 0.267 e. The number of β-amino-alcohol motifs (C(OH)–C–C–N with tert-alkyl or cyclic N) is 1. The second kappa shape index (κ2) is 7.88. The lowest BCUT2D eigenvalue weighted by Gasteiger charge is -2.40. The second-order valence-electron chi connectivity index (χ2n) is 7.91. The topological polar surface area (TPSA) is 87.5 Å². The molecule has 1 atom stereocenters. The van der Waals surface area contributed by atoms with Crippen molar-refractivity contribution in [1.29, 1.82) is 0 Å². The molecule has 3 rings (SSSR count). The third-order valence-electron chi connectivity index (χ3n) is 5.72. The quantitative estimate of drug-likeness (QED) is 0.834. The molecule has 2 N–H and O–H groups in total. The van der Waals surface area contributed by atoms with E-state index in [1.807, 2.05) is 6.92 Å². The maximum absolute atomic E-state index is 12.0. The number of aliphatic hydroxyl groups is 1. The summed E-state index contributed by atoms with van der Waals surface area (Å²) in [6, 6.07) is 3.84. The summed E-state index contributed by atoms with van der Waals surface area (Å²) < 4.78 is 1.63. The Morgan fingerprint density at radius 1 is 1.35 bits per heavy atom. The molecule has 2 aliphatic rings. The molecular formula is C19H30N4O3. The van der Waals surface area contributed by atoms with Gasteiger partial charge >= 0.3 is 0 Å². The van der Waals surface area contributed by atoms with E-state index < -0.39 is 5.60 Å². The minimum absolute atomic E-state index is 0.0275. The molecule has 1 unspecified atom stereocenters. The Balaban J connectivity index is 1.50. The minimum Gasteiger partial charge on any atom is -0.387 e. The van der Waals surface area contributed by atoms with Crippen molar-refractivity contribution in [2.45, 2.75) is 70.1 Å². The molecule has 2 fully saturated rings. The molecule has 0 bridgehead atoms. The van der Waals surface area contributed by atoms with Crippen LogP contribution in [0.15, 0.2) is 16.9 Å².